The van der Waals surface area contributed by atoms with E-state index in [2.05, 4.69) is 0 Å². The highest BCUT2D eigenvalue weighted by Gasteiger charge is 2.04. The fraction of sp³-hybridized carbons (Fsp3) is 0.385. The van der Waals surface area contributed by atoms with Gasteiger partial charge in [0.15, 0.2) is 6.79 Å². The van der Waals surface area contributed by atoms with Crippen molar-refractivity contribution in [1.29, 1.82) is 0 Å². The molecule has 0 radical (unpaired) electrons. The third-order valence-electron chi connectivity index (χ3n) is 2.07. The first kappa shape index (κ1) is 12.6. The number of methoxy groups -OCH3 is 1. The monoisotopic (exact) mass is 222 g/mol. The van der Waals surface area contributed by atoms with E-state index < -0.39 is 0 Å². The molecule has 0 aliphatic carbocycles. The number of benzene rings is 1. The Labute approximate surface area is 96.6 Å². The normalized spacial score (nSPS) is 11.3. The summed E-state index contributed by atoms with van der Waals surface area (Å²) in [6.07, 6.45) is 1.75. The lowest BCUT2D eigenvalue weighted by atomic mass is 10.1. The highest BCUT2D eigenvalue weighted by Crippen LogP contribution is 2.25. The van der Waals surface area contributed by atoms with Crippen molar-refractivity contribution in [2.24, 2.45) is 0 Å². The number of ether oxygens (including phenoxy) is 3. The number of rotatable bonds is 6. The Morgan fingerprint density at radius 1 is 1.31 bits per heavy atom. The summed E-state index contributed by atoms with van der Waals surface area (Å²) in [6, 6.07) is 7.81. The van der Waals surface area contributed by atoms with Crippen LogP contribution in [0.3, 0.4) is 0 Å². The molecule has 0 saturated carbocycles. The third-order valence-corrected chi connectivity index (χ3v) is 2.07. The molecular formula is C13H18O3. The average molecular weight is 222 g/mol. The summed E-state index contributed by atoms with van der Waals surface area (Å²) in [5.74, 6) is 0.804. The van der Waals surface area contributed by atoms with E-state index in [1.54, 1.807) is 13.4 Å². The largest absolute Gasteiger partial charge is 0.501 e. The molecule has 1 aromatic carbocycles. The number of allylic oxidation sites excluding steroid dienone is 1. The lowest BCUT2D eigenvalue weighted by Crippen LogP contribution is -2.01. The maximum atomic E-state index is 5.47. The van der Waals surface area contributed by atoms with Crippen molar-refractivity contribution in [3.63, 3.8) is 0 Å². The lowest BCUT2D eigenvalue weighted by molar-refractivity contribution is 0.0509. The van der Waals surface area contributed by atoms with Gasteiger partial charge in [0.25, 0.3) is 0 Å². The minimum absolute atomic E-state index is 0.249. The van der Waals surface area contributed by atoms with Crippen molar-refractivity contribution in [3.8, 4) is 5.75 Å². The molecule has 0 atom stereocenters. The zero-order valence-electron chi connectivity index (χ0n) is 10.0. The number of hydrogen-bond acceptors (Lipinski definition) is 3. The van der Waals surface area contributed by atoms with Crippen LogP contribution in [-0.2, 0) is 9.47 Å². The fourth-order valence-electron chi connectivity index (χ4n) is 1.31. The van der Waals surface area contributed by atoms with Gasteiger partial charge in [0, 0.05) is 12.7 Å². The molecule has 0 aliphatic heterocycles. The standard InChI is InChI=1S/C13H18O3/c1-4-15-9-11(2)12-7-5-6-8-13(12)16-10-14-3/h5-9H,4,10H2,1-3H3/b11-9+. The number of hydrogen-bond donors (Lipinski definition) is 0. The Balaban J connectivity index is 2.84. The molecular weight excluding hydrogens is 204 g/mol. The maximum Gasteiger partial charge on any atom is 0.188 e. The van der Waals surface area contributed by atoms with E-state index in [-0.39, 0.29) is 6.79 Å². The second-order valence-corrected chi connectivity index (χ2v) is 3.30. The highest BCUT2D eigenvalue weighted by molar-refractivity contribution is 5.68. The molecule has 1 rings (SSSR count). The zero-order chi connectivity index (χ0) is 11.8. The Morgan fingerprint density at radius 2 is 2.06 bits per heavy atom. The smallest absolute Gasteiger partial charge is 0.188 e. The second-order valence-electron chi connectivity index (χ2n) is 3.30. The van der Waals surface area contributed by atoms with Crippen LogP contribution in [0.15, 0.2) is 30.5 Å². The first-order valence-corrected chi connectivity index (χ1v) is 5.29. The van der Waals surface area contributed by atoms with Gasteiger partial charge in [0.2, 0.25) is 0 Å². The Kier molecular flexibility index (Phi) is 5.43. The van der Waals surface area contributed by atoms with Gasteiger partial charge in [0.05, 0.1) is 12.9 Å². The van der Waals surface area contributed by atoms with E-state index in [1.165, 1.54) is 0 Å². The minimum atomic E-state index is 0.249. The summed E-state index contributed by atoms with van der Waals surface area (Å²) in [7, 11) is 1.60. The summed E-state index contributed by atoms with van der Waals surface area (Å²) in [5.41, 5.74) is 2.06. The number of para-hydroxylation sites is 1. The predicted molar refractivity (Wildman–Crippen MR) is 64.2 cm³/mol. The summed E-state index contributed by atoms with van der Waals surface area (Å²) < 4.78 is 15.6. The minimum Gasteiger partial charge on any atom is -0.501 e. The van der Waals surface area contributed by atoms with Crippen molar-refractivity contribution < 1.29 is 14.2 Å². The van der Waals surface area contributed by atoms with Gasteiger partial charge in [0.1, 0.15) is 5.75 Å². The molecule has 88 valence electrons. The van der Waals surface area contributed by atoms with Gasteiger partial charge < -0.3 is 14.2 Å². The molecule has 0 aromatic heterocycles. The molecule has 0 unspecified atom stereocenters. The van der Waals surface area contributed by atoms with Crippen molar-refractivity contribution in [3.05, 3.63) is 36.1 Å². The van der Waals surface area contributed by atoms with Crippen LogP contribution in [0.4, 0.5) is 0 Å². The van der Waals surface area contributed by atoms with Gasteiger partial charge in [-0.25, -0.2) is 0 Å². The average Bonchev–Trinajstić information content (AvgIpc) is 2.33. The van der Waals surface area contributed by atoms with Gasteiger partial charge in [-0.1, -0.05) is 18.2 Å². The fourth-order valence-corrected chi connectivity index (χ4v) is 1.31. The van der Waals surface area contributed by atoms with Crippen LogP contribution in [0.5, 0.6) is 5.75 Å². The van der Waals surface area contributed by atoms with Gasteiger partial charge in [-0.2, -0.15) is 0 Å². The van der Waals surface area contributed by atoms with Crippen LogP contribution in [0.2, 0.25) is 0 Å². The van der Waals surface area contributed by atoms with Crippen LogP contribution in [0.25, 0.3) is 5.57 Å². The highest BCUT2D eigenvalue weighted by atomic mass is 16.7. The van der Waals surface area contributed by atoms with Crippen LogP contribution in [0.1, 0.15) is 19.4 Å². The van der Waals surface area contributed by atoms with E-state index in [0.29, 0.717) is 6.61 Å². The molecule has 0 spiro atoms. The van der Waals surface area contributed by atoms with Crippen molar-refractivity contribution >= 4 is 5.57 Å². The van der Waals surface area contributed by atoms with Crippen LogP contribution in [-0.4, -0.2) is 20.5 Å². The van der Waals surface area contributed by atoms with Gasteiger partial charge in [-0.3, -0.25) is 0 Å². The molecule has 0 N–H and O–H groups in total. The Morgan fingerprint density at radius 3 is 2.75 bits per heavy atom. The van der Waals surface area contributed by atoms with Gasteiger partial charge in [-0.15, -0.1) is 0 Å². The summed E-state index contributed by atoms with van der Waals surface area (Å²) >= 11 is 0. The molecule has 0 aliphatic rings. The topological polar surface area (TPSA) is 27.7 Å². The van der Waals surface area contributed by atoms with Crippen LogP contribution in [0, 0.1) is 0 Å². The van der Waals surface area contributed by atoms with E-state index in [4.69, 9.17) is 14.2 Å². The zero-order valence-corrected chi connectivity index (χ0v) is 10.0. The summed E-state index contributed by atoms with van der Waals surface area (Å²) in [4.78, 5) is 0. The maximum absolute atomic E-state index is 5.47. The van der Waals surface area contributed by atoms with Crippen LogP contribution >= 0.6 is 0 Å². The van der Waals surface area contributed by atoms with Gasteiger partial charge in [-0.05, 0) is 25.5 Å². The molecule has 0 amide bonds. The van der Waals surface area contributed by atoms with Crippen molar-refractivity contribution in [1.82, 2.24) is 0 Å². The van der Waals surface area contributed by atoms with Crippen molar-refractivity contribution in [2.45, 2.75) is 13.8 Å². The molecule has 0 fully saturated rings. The summed E-state index contributed by atoms with van der Waals surface area (Å²) in [5, 5.41) is 0. The van der Waals surface area contributed by atoms with E-state index >= 15 is 0 Å². The van der Waals surface area contributed by atoms with Gasteiger partial charge >= 0.3 is 0 Å². The van der Waals surface area contributed by atoms with Crippen molar-refractivity contribution in [2.75, 3.05) is 20.5 Å². The first-order chi connectivity index (χ1) is 7.79. The molecule has 3 heteroatoms. The van der Waals surface area contributed by atoms with Crippen LogP contribution < -0.4 is 4.74 Å². The molecule has 16 heavy (non-hydrogen) atoms. The Hall–Kier alpha value is -1.48. The second kappa shape index (κ2) is 6.90. The van der Waals surface area contributed by atoms with E-state index in [0.717, 1.165) is 16.9 Å². The first-order valence-electron chi connectivity index (χ1n) is 5.29. The molecule has 3 nitrogen and oxygen atoms in total. The quantitative estimate of drug-likeness (QED) is 0.547. The molecule has 0 heterocycles. The molecule has 0 saturated heterocycles. The predicted octanol–water partition coefficient (Wildman–Crippen LogP) is 3.07. The molecule has 0 bridgehead atoms. The lowest BCUT2D eigenvalue weighted by Gasteiger charge is -2.10. The summed E-state index contributed by atoms with van der Waals surface area (Å²) in [6.45, 7) is 4.86. The SMILES string of the molecule is CCO/C=C(\C)c1ccccc1OCOC. The third kappa shape index (κ3) is 3.59. The van der Waals surface area contributed by atoms with E-state index in [1.807, 2.05) is 38.1 Å². The van der Waals surface area contributed by atoms with E-state index in [9.17, 15) is 0 Å². The Bertz CT molecular complexity index is 345. The molecule has 1 aromatic rings.